The summed E-state index contributed by atoms with van der Waals surface area (Å²) in [4.78, 5) is 17.2. The van der Waals surface area contributed by atoms with Gasteiger partial charge in [0.25, 0.3) is 5.91 Å². The minimum absolute atomic E-state index is 0.110. The van der Waals surface area contributed by atoms with E-state index in [-0.39, 0.29) is 5.91 Å². The van der Waals surface area contributed by atoms with E-state index in [1.807, 2.05) is 74.5 Å². The largest absolute Gasteiger partial charge is 0.300 e. The summed E-state index contributed by atoms with van der Waals surface area (Å²) in [6.45, 7) is 4.08. The monoisotopic (exact) mass is 334 g/mol. The smallest absolute Gasteiger partial charge is 0.264 e. The van der Waals surface area contributed by atoms with Crippen molar-refractivity contribution in [1.29, 1.82) is 0 Å². The van der Waals surface area contributed by atoms with Gasteiger partial charge in [-0.15, -0.1) is 0 Å². The molecule has 1 fully saturated rings. The number of allylic oxidation sites excluding steroid dienone is 2. The molecule has 2 aromatic rings. The van der Waals surface area contributed by atoms with Crippen LogP contribution >= 0.6 is 11.8 Å². The Labute approximate surface area is 146 Å². The van der Waals surface area contributed by atoms with Gasteiger partial charge >= 0.3 is 0 Å². The molecule has 0 atom stereocenters. The summed E-state index contributed by atoms with van der Waals surface area (Å²) in [5.41, 5.74) is 4.27. The highest BCUT2D eigenvalue weighted by Crippen LogP contribution is 2.27. The first-order valence-electron chi connectivity index (χ1n) is 7.70. The standard InChI is InChI=1S/C20H18N2OS/c1-14-11-15(2)13-17(12-14)21-20-22-19(23)18(24-20)10-6-9-16-7-4-3-5-8-16/h3-13H,1-2H3,(H,21,22,23)/b9-6+,18-10-. The maximum atomic E-state index is 12.0. The Morgan fingerprint density at radius 3 is 2.46 bits per heavy atom. The van der Waals surface area contributed by atoms with Crippen molar-refractivity contribution in [2.75, 3.05) is 0 Å². The molecule has 1 aliphatic rings. The summed E-state index contributed by atoms with van der Waals surface area (Å²) in [6, 6.07) is 16.1. The lowest BCUT2D eigenvalue weighted by Crippen LogP contribution is -2.19. The number of thioether (sulfide) groups is 1. The van der Waals surface area contributed by atoms with Crippen LogP contribution in [0.4, 0.5) is 5.69 Å². The number of benzene rings is 2. The van der Waals surface area contributed by atoms with Crippen LogP contribution in [0.25, 0.3) is 6.08 Å². The molecule has 0 aliphatic carbocycles. The fraction of sp³-hybridized carbons (Fsp3) is 0.100. The third-order valence-corrected chi connectivity index (χ3v) is 4.35. The van der Waals surface area contributed by atoms with E-state index < -0.39 is 0 Å². The average Bonchev–Trinajstić information content (AvgIpc) is 2.87. The van der Waals surface area contributed by atoms with Gasteiger partial charge in [0, 0.05) is 0 Å². The van der Waals surface area contributed by atoms with Gasteiger partial charge in [-0.3, -0.25) is 4.79 Å². The first-order valence-corrected chi connectivity index (χ1v) is 8.51. The van der Waals surface area contributed by atoms with E-state index in [1.165, 1.54) is 11.8 Å². The molecule has 1 amide bonds. The fourth-order valence-corrected chi connectivity index (χ4v) is 3.23. The van der Waals surface area contributed by atoms with Gasteiger partial charge in [-0.2, -0.15) is 0 Å². The van der Waals surface area contributed by atoms with E-state index in [2.05, 4.69) is 16.4 Å². The summed E-state index contributed by atoms with van der Waals surface area (Å²) >= 11 is 1.36. The molecule has 3 rings (SSSR count). The Balaban J connectivity index is 1.74. The molecule has 0 bridgehead atoms. The second kappa shape index (κ2) is 7.32. The lowest BCUT2D eigenvalue weighted by molar-refractivity contribution is -0.115. The van der Waals surface area contributed by atoms with Crippen LogP contribution in [0.2, 0.25) is 0 Å². The number of hydrogen-bond acceptors (Lipinski definition) is 3. The minimum atomic E-state index is -0.110. The molecule has 2 aromatic carbocycles. The van der Waals surface area contributed by atoms with Crippen molar-refractivity contribution >= 4 is 34.6 Å². The first-order chi connectivity index (χ1) is 11.6. The van der Waals surface area contributed by atoms with Gasteiger partial charge in [-0.1, -0.05) is 48.6 Å². The molecule has 120 valence electrons. The summed E-state index contributed by atoms with van der Waals surface area (Å²) in [5.74, 6) is -0.110. The van der Waals surface area contributed by atoms with Crippen LogP contribution in [-0.2, 0) is 4.79 Å². The van der Waals surface area contributed by atoms with Crippen molar-refractivity contribution in [3.63, 3.8) is 0 Å². The molecule has 0 spiro atoms. The van der Waals surface area contributed by atoms with Crippen LogP contribution in [0.5, 0.6) is 0 Å². The first kappa shape index (κ1) is 16.3. The lowest BCUT2D eigenvalue weighted by Gasteiger charge is -2.00. The predicted molar refractivity (Wildman–Crippen MR) is 102 cm³/mol. The molecule has 24 heavy (non-hydrogen) atoms. The van der Waals surface area contributed by atoms with Gasteiger partial charge in [0.2, 0.25) is 0 Å². The van der Waals surface area contributed by atoms with E-state index in [0.29, 0.717) is 10.1 Å². The normalized spacial score (nSPS) is 17.8. The Hall–Kier alpha value is -2.59. The Morgan fingerprint density at radius 2 is 1.75 bits per heavy atom. The number of aryl methyl sites for hydroxylation is 2. The number of nitrogens with zero attached hydrogens (tertiary/aromatic N) is 1. The zero-order valence-corrected chi connectivity index (χ0v) is 14.4. The van der Waals surface area contributed by atoms with Gasteiger partial charge < -0.3 is 5.32 Å². The summed E-state index contributed by atoms with van der Waals surface area (Å²) in [5, 5.41) is 3.43. The number of carbonyl (C=O) groups is 1. The highest BCUT2D eigenvalue weighted by atomic mass is 32.2. The summed E-state index contributed by atoms with van der Waals surface area (Å²) in [7, 11) is 0. The minimum Gasteiger partial charge on any atom is -0.300 e. The molecule has 1 heterocycles. The number of hydrogen-bond donors (Lipinski definition) is 1. The van der Waals surface area contributed by atoms with Crippen molar-refractivity contribution < 1.29 is 4.79 Å². The van der Waals surface area contributed by atoms with Crippen molar-refractivity contribution in [2.24, 2.45) is 4.99 Å². The van der Waals surface area contributed by atoms with Gasteiger partial charge in [-0.05, 0) is 60.5 Å². The third kappa shape index (κ3) is 4.24. The Bertz CT molecular complexity index is 831. The Morgan fingerprint density at radius 1 is 1.04 bits per heavy atom. The number of amides is 1. The van der Waals surface area contributed by atoms with E-state index in [1.54, 1.807) is 0 Å². The number of nitrogens with one attached hydrogen (secondary N) is 1. The molecule has 0 aromatic heterocycles. The number of rotatable bonds is 3. The molecule has 3 nitrogen and oxygen atoms in total. The fourth-order valence-electron chi connectivity index (χ4n) is 2.44. The molecule has 0 unspecified atom stereocenters. The van der Waals surface area contributed by atoms with Crippen molar-refractivity contribution in [3.8, 4) is 0 Å². The zero-order chi connectivity index (χ0) is 16.9. The van der Waals surface area contributed by atoms with Crippen LogP contribution in [0, 0.1) is 13.8 Å². The molecule has 1 aliphatic heterocycles. The highest BCUT2D eigenvalue weighted by molar-refractivity contribution is 8.18. The molecule has 1 N–H and O–H groups in total. The molecule has 4 heteroatoms. The van der Waals surface area contributed by atoms with E-state index >= 15 is 0 Å². The second-order valence-corrected chi connectivity index (χ2v) is 6.65. The van der Waals surface area contributed by atoms with Crippen molar-refractivity contribution in [1.82, 2.24) is 5.32 Å². The Kier molecular flexibility index (Phi) is 4.96. The topological polar surface area (TPSA) is 41.5 Å². The van der Waals surface area contributed by atoms with Crippen molar-refractivity contribution in [2.45, 2.75) is 13.8 Å². The average molecular weight is 334 g/mol. The molecule has 1 saturated heterocycles. The molecule has 0 radical (unpaired) electrons. The SMILES string of the molecule is Cc1cc(C)cc(N=C2NC(=O)/C(=C/C=C/c3ccccc3)S2)c1. The second-order valence-electron chi connectivity index (χ2n) is 5.62. The van der Waals surface area contributed by atoms with E-state index in [0.717, 1.165) is 22.4 Å². The van der Waals surface area contributed by atoms with E-state index in [9.17, 15) is 4.79 Å². The van der Waals surface area contributed by atoms with E-state index in [4.69, 9.17) is 0 Å². The molecular weight excluding hydrogens is 316 g/mol. The number of carbonyl (C=O) groups excluding carboxylic acids is 1. The van der Waals surface area contributed by atoms with Gasteiger partial charge in [0.05, 0.1) is 10.6 Å². The predicted octanol–water partition coefficient (Wildman–Crippen LogP) is 4.75. The molecular formula is C20H18N2OS. The highest BCUT2D eigenvalue weighted by Gasteiger charge is 2.23. The van der Waals surface area contributed by atoms with Crippen LogP contribution in [0.1, 0.15) is 16.7 Å². The summed E-state index contributed by atoms with van der Waals surface area (Å²) in [6.07, 6.45) is 5.67. The number of amidine groups is 1. The zero-order valence-electron chi connectivity index (χ0n) is 13.6. The third-order valence-electron chi connectivity index (χ3n) is 3.42. The van der Waals surface area contributed by atoms with Gasteiger partial charge in [0.1, 0.15) is 0 Å². The molecule has 0 saturated carbocycles. The van der Waals surface area contributed by atoms with Gasteiger partial charge in [-0.25, -0.2) is 4.99 Å². The van der Waals surface area contributed by atoms with Crippen LogP contribution in [0.3, 0.4) is 0 Å². The van der Waals surface area contributed by atoms with Gasteiger partial charge in [0.15, 0.2) is 5.17 Å². The quantitative estimate of drug-likeness (QED) is 0.823. The van der Waals surface area contributed by atoms with Crippen LogP contribution < -0.4 is 5.32 Å². The lowest BCUT2D eigenvalue weighted by atomic mass is 10.1. The van der Waals surface area contributed by atoms with Crippen LogP contribution in [0.15, 0.2) is 70.6 Å². The summed E-state index contributed by atoms with van der Waals surface area (Å²) < 4.78 is 0. The van der Waals surface area contributed by atoms with Crippen molar-refractivity contribution in [3.05, 3.63) is 82.3 Å². The van der Waals surface area contributed by atoms with Crippen LogP contribution in [-0.4, -0.2) is 11.1 Å². The maximum Gasteiger partial charge on any atom is 0.264 e. The number of aliphatic imine (C=N–C) groups is 1. The maximum absolute atomic E-state index is 12.0.